The molecule has 1 amide bonds. The van der Waals surface area contributed by atoms with Crippen molar-refractivity contribution in [1.29, 1.82) is 0 Å². The van der Waals surface area contributed by atoms with E-state index in [1.807, 2.05) is 25.1 Å². The van der Waals surface area contributed by atoms with Crippen LogP contribution in [0.15, 0.2) is 47.5 Å². The van der Waals surface area contributed by atoms with Gasteiger partial charge in [0.15, 0.2) is 0 Å². The molecule has 3 heterocycles. The molecule has 166 valence electrons. The van der Waals surface area contributed by atoms with Crippen LogP contribution >= 0.6 is 0 Å². The molecule has 9 nitrogen and oxygen atoms in total. The summed E-state index contributed by atoms with van der Waals surface area (Å²) in [4.78, 5) is 39.7. The smallest absolute Gasteiger partial charge is 0.253 e. The number of aromatic nitrogens is 4. The molecule has 1 aromatic carbocycles. The van der Waals surface area contributed by atoms with Crippen molar-refractivity contribution >= 4 is 29.0 Å². The maximum Gasteiger partial charge on any atom is 0.253 e. The van der Waals surface area contributed by atoms with E-state index < -0.39 is 0 Å². The first-order chi connectivity index (χ1) is 15.5. The third kappa shape index (κ3) is 5.48. The molecule has 9 heteroatoms. The minimum Gasteiger partial charge on any atom is -0.356 e. The summed E-state index contributed by atoms with van der Waals surface area (Å²) in [5.41, 5.74) is 2.72. The number of piperidine rings is 1. The zero-order chi connectivity index (χ0) is 22.5. The van der Waals surface area contributed by atoms with Crippen molar-refractivity contribution in [3.05, 3.63) is 64.5 Å². The highest BCUT2D eigenvalue weighted by atomic mass is 16.2. The van der Waals surface area contributed by atoms with Crippen LogP contribution in [0.4, 0.5) is 23.1 Å². The van der Waals surface area contributed by atoms with Crippen LogP contribution in [0.1, 0.15) is 30.7 Å². The molecule has 0 aliphatic carbocycles. The molecule has 0 bridgehead atoms. The van der Waals surface area contributed by atoms with Gasteiger partial charge in [0.25, 0.3) is 5.56 Å². The lowest BCUT2D eigenvalue weighted by Crippen LogP contribution is -2.30. The highest BCUT2D eigenvalue weighted by molar-refractivity contribution is 5.90. The van der Waals surface area contributed by atoms with E-state index in [1.165, 1.54) is 36.2 Å². The van der Waals surface area contributed by atoms with Crippen molar-refractivity contribution in [2.75, 3.05) is 28.6 Å². The van der Waals surface area contributed by atoms with Gasteiger partial charge in [0, 0.05) is 48.0 Å². The van der Waals surface area contributed by atoms with Gasteiger partial charge in [0.1, 0.15) is 12.4 Å². The molecule has 2 N–H and O–H groups in total. The van der Waals surface area contributed by atoms with Gasteiger partial charge in [-0.3, -0.25) is 14.2 Å². The maximum atomic E-state index is 12.3. The molecule has 1 aliphatic rings. The third-order valence-electron chi connectivity index (χ3n) is 5.28. The molecule has 0 unspecified atom stereocenters. The molecule has 1 aliphatic heterocycles. The molecule has 32 heavy (non-hydrogen) atoms. The van der Waals surface area contributed by atoms with Crippen molar-refractivity contribution in [1.82, 2.24) is 19.5 Å². The predicted octanol–water partition coefficient (Wildman–Crippen LogP) is 3.02. The van der Waals surface area contributed by atoms with E-state index in [1.54, 1.807) is 19.1 Å². The Hall–Kier alpha value is -3.75. The highest BCUT2D eigenvalue weighted by Gasteiger charge is 2.14. The second kappa shape index (κ2) is 9.59. The summed E-state index contributed by atoms with van der Waals surface area (Å²) in [5.74, 6) is 1.20. The number of carbonyl (C=O) groups is 1. The molecule has 4 rings (SSSR count). The monoisotopic (exact) mass is 433 g/mol. The van der Waals surface area contributed by atoms with Crippen molar-refractivity contribution in [2.45, 2.75) is 39.7 Å². The first-order valence-electron chi connectivity index (χ1n) is 10.8. The number of nitrogens with zero attached hydrogens (tertiary/aromatic N) is 5. The van der Waals surface area contributed by atoms with Crippen LogP contribution in [-0.4, -0.2) is 38.5 Å². The topological polar surface area (TPSA) is 105 Å². The molecule has 0 radical (unpaired) electrons. The van der Waals surface area contributed by atoms with Gasteiger partial charge in [0.2, 0.25) is 11.9 Å². The molecular weight excluding hydrogens is 406 g/mol. The first kappa shape index (κ1) is 21.5. The van der Waals surface area contributed by atoms with Crippen LogP contribution in [0.3, 0.4) is 0 Å². The lowest BCUT2D eigenvalue weighted by atomic mass is 10.1. The molecule has 3 aromatic rings. The molecular formula is C23H27N7O2. The number of benzene rings is 1. The van der Waals surface area contributed by atoms with E-state index >= 15 is 0 Å². The Kier molecular flexibility index (Phi) is 6.44. The van der Waals surface area contributed by atoms with E-state index in [2.05, 4.69) is 30.5 Å². The predicted molar refractivity (Wildman–Crippen MR) is 124 cm³/mol. The molecule has 0 saturated carbocycles. The summed E-state index contributed by atoms with van der Waals surface area (Å²) in [7, 11) is 0. The zero-order valence-electron chi connectivity index (χ0n) is 18.3. The van der Waals surface area contributed by atoms with E-state index in [9.17, 15) is 9.59 Å². The fourth-order valence-corrected chi connectivity index (χ4v) is 3.65. The number of carbonyl (C=O) groups excluding carboxylic acids is 1. The highest BCUT2D eigenvalue weighted by Crippen LogP contribution is 2.22. The first-order valence-corrected chi connectivity index (χ1v) is 10.8. The van der Waals surface area contributed by atoms with Crippen LogP contribution in [0.25, 0.3) is 0 Å². The van der Waals surface area contributed by atoms with Crippen molar-refractivity contribution in [3.63, 3.8) is 0 Å². The molecule has 1 saturated heterocycles. The van der Waals surface area contributed by atoms with Gasteiger partial charge in [-0.1, -0.05) is 0 Å². The third-order valence-corrected chi connectivity index (χ3v) is 5.28. The van der Waals surface area contributed by atoms with Gasteiger partial charge >= 0.3 is 0 Å². The minimum absolute atomic E-state index is 0.0947. The number of hydrogen-bond donors (Lipinski definition) is 2. The standard InChI is InChI=1S/C23H27N7O2/c1-16-13-22(32)30(15-24-16)14-21(31)26-18-6-8-19(9-7-18)27-23-25-17(2)12-20(28-23)29-10-4-3-5-11-29/h6-9,12-13,15H,3-5,10-11,14H2,1-2H3,(H,26,31)(H,25,27,28). The largest absolute Gasteiger partial charge is 0.356 e. The summed E-state index contributed by atoms with van der Waals surface area (Å²) < 4.78 is 1.27. The number of anilines is 4. The summed E-state index contributed by atoms with van der Waals surface area (Å²) >= 11 is 0. The van der Waals surface area contributed by atoms with Crippen molar-refractivity contribution in [2.24, 2.45) is 0 Å². The number of rotatable bonds is 6. The lowest BCUT2D eigenvalue weighted by molar-refractivity contribution is -0.116. The Bertz CT molecular complexity index is 1150. The molecule has 2 aromatic heterocycles. The summed E-state index contributed by atoms with van der Waals surface area (Å²) in [6, 6.07) is 10.7. The van der Waals surface area contributed by atoms with Gasteiger partial charge < -0.3 is 15.5 Å². The minimum atomic E-state index is -0.299. The Labute approximate surface area is 186 Å². The second-order valence-corrected chi connectivity index (χ2v) is 7.99. The second-order valence-electron chi connectivity index (χ2n) is 7.99. The molecule has 0 spiro atoms. The van der Waals surface area contributed by atoms with E-state index in [0.29, 0.717) is 17.3 Å². The summed E-state index contributed by atoms with van der Waals surface area (Å²) in [6.45, 7) is 5.65. The van der Waals surface area contributed by atoms with E-state index in [0.717, 1.165) is 30.3 Å². The number of aryl methyl sites for hydroxylation is 2. The Morgan fingerprint density at radius 1 is 0.969 bits per heavy atom. The van der Waals surface area contributed by atoms with Gasteiger partial charge in [0.05, 0.1) is 6.33 Å². The molecule has 0 atom stereocenters. The average Bonchev–Trinajstić information content (AvgIpc) is 2.77. The van der Waals surface area contributed by atoms with Crippen LogP contribution in [0, 0.1) is 13.8 Å². The summed E-state index contributed by atoms with van der Waals surface area (Å²) in [5, 5.41) is 6.03. The fraction of sp³-hybridized carbons (Fsp3) is 0.348. The number of nitrogens with one attached hydrogen (secondary N) is 2. The van der Waals surface area contributed by atoms with Crippen molar-refractivity contribution in [3.8, 4) is 0 Å². The normalized spacial score (nSPS) is 13.6. The van der Waals surface area contributed by atoms with E-state index in [4.69, 9.17) is 0 Å². The summed E-state index contributed by atoms with van der Waals surface area (Å²) in [6.07, 6.45) is 5.03. The zero-order valence-corrected chi connectivity index (χ0v) is 18.3. The van der Waals surface area contributed by atoms with Crippen LogP contribution in [0.2, 0.25) is 0 Å². The van der Waals surface area contributed by atoms with Gasteiger partial charge in [-0.15, -0.1) is 0 Å². The van der Waals surface area contributed by atoms with Gasteiger partial charge in [-0.2, -0.15) is 4.98 Å². The number of amides is 1. The van der Waals surface area contributed by atoms with E-state index in [-0.39, 0.29) is 18.0 Å². The fourth-order valence-electron chi connectivity index (χ4n) is 3.65. The quantitative estimate of drug-likeness (QED) is 0.616. The maximum absolute atomic E-state index is 12.3. The molecule has 1 fully saturated rings. The average molecular weight is 434 g/mol. The number of hydrogen-bond acceptors (Lipinski definition) is 7. The Morgan fingerprint density at radius 3 is 2.41 bits per heavy atom. The SMILES string of the molecule is Cc1cc(=O)n(CC(=O)Nc2ccc(Nc3nc(C)cc(N4CCCCC4)n3)cc2)cn1. The van der Waals surface area contributed by atoms with Crippen LogP contribution in [0.5, 0.6) is 0 Å². The van der Waals surface area contributed by atoms with Crippen molar-refractivity contribution < 1.29 is 4.79 Å². The van der Waals surface area contributed by atoms with Gasteiger partial charge in [-0.05, 0) is 57.4 Å². The van der Waals surface area contributed by atoms with Gasteiger partial charge in [-0.25, -0.2) is 9.97 Å². The Morgan fingerprint density at radius 2 is 1.69 bits per heavy atom. The lowest BCUT2D eigenvalue weighted by Gasteiger charge is -2.28. The Balaban J connectivity index is 1.39. The van der Waals surface area contributed by atoms with Crippen LogP contribution < -0.4 is 21.1 Å². The van der Waals surface area contributed by atoms with Crippen LogP contribution in [-0.2, 0) is 11.3 Å².